The summed E-state index contributed by atoms with van der Waals surface area (Å²) in [7, 11) is 1.58. The van der Waals surface area contributed by atoms with Crippen molar-refractivity contribution in [3.63, 3.8) is 0 Å². The number of nitrogens with one attached hydrogen (secondary N) is 2. The van der Waals surface area contributed by atoms with Crippen LogP contribution in [-0.2, 0) is 13.1 Å². The third-order valence-electron chi connectivity index (χ3n) is 5.49. The number of rotatable bonds is 8. The number of amides is 1. The Hall–Kier alpha value is -3.18. The Bertz CT molecular complexity index is 1010. The molecule has 0 heterocycles. The first-order valence-corrected chi connectivity index (χ1v) is 10.1. The standard InChI is InChI=1S/C25H25FN2O2/c1-30-21-11-12-23(26)20(13-21)16-27-24-14-22(24)18-7-9-19(10-8-18)25(29)28-15-17-5-3-2-4-6-17/h2-13,22,24,27H,14-16H2,1H3,(H,28,29)/t22-,24+/m0/s1. The summed E-state index contributed by atoms with van der Waals surface area (Å²) in [6, 6.07) is 22.7. The summed E-state index contributed by atoms with van der Waals surface area (Å²) in [5.74, 6) is 0.734. The lowest BCUT2D eigenvalue weighted by Gasteiger charge is -2.09. The number of benzene rings is 3. The summed E-state index contributed by atoms with van der Waals surface area (Å²) in [5.41, 5.74) is 3.52. The fourth-order valence-electron chi connectivity index (χ4n) is 3.61. The maximum atomic E-state index is 14.0. The number of carbonyl (C=O) groups is 1. The molecule has 3 aromatic carbocycles. The largest absolute Gasteiger partial charge is 0.497 e. The van der Waals surface area contributed by atoms with Gasteiger partial charge in [0, 0.05) is 36.2 Å². The first kappa shape index (κ1) is 20.1. The van der Waals surface area contributed by atoms with Crippen LogP contribution in [0.2, 0.25) is 0 Å². The fraction of sp³-hybridized carbons (Fsp3) is 0.240. The van der Waals surface area contributed by atoms with E-state index in [0.29, 0.717) is 41.9 Å². The monoisotopic (exact) mass is 404 g/mol. The van der Waals surface area contributed by atoms with E-state index < -0.39 is 0 Å². The van der Waals surface area contributed by atoms with Crippen molar-refractivity contribution >= 4 is 5.91 Å². The number of ether oxygens (including phenoxy) is 1. The Morgan fingerprint density at radius 3 is 2.53 bits per heavy atom. The number of methoxy groups -OCH3 is 1. The van der Waals surface area contributed by atoms with Gasteiger partial charge in [-0.2, -0.15) is 0 Å². The Labute approximate surface area is 176 Å². The molecule has 0 unspecified atom stereocenters. The van der Waals surface area contributed by atoms with E-state index in [1.165, 1.54) is 11.6 Å². The van der Waals surface area contributed by atoms with Gasteiger partial charge in [-0.05, 0) is 47.9 Å². The van der Waals surface area contributed by atoms with E-state index in [0.717, 1.165) is 12.0 Å². The zero-order chi connectivity index (χ0) is 20.9. The van der Waals surface area contributed by atoms with Gasteiger partial charge in [0.1, 0.15) is 11.6 Å². The molecule has 4 nitrogen and oxygen atoms in total. The van der Waals surface area contributed by atoms with Crippen molar-refractivity contribution in [2.24, 2.45) is 0 Å². The fourth-order valence-corrected chi connectivity index (χ4v) is 3.61. The normalized spacial score (nSPS) is 17.4. The van der Waals surface area contributed by atoms with Crippen molar-refractivity contribution in [3.05, 3.63) is 101 Å². The molecule has 2 atom stereocenters. The van der Waals surface area contributed by atoms with Crippen molar-refractivity contribution in [1.82, 2.24) is 10.6 Å². The molecule has 2 N–H and O–H groups in total. The van der Waals surface area contributed by atoms with E-state index in [9.17, 15) is 9.18 Å². The third kappa shape index (κ3) is 4.86. The van der Waals surface area contributed by atoms with E-state index >= 15 is 0 Å². The van der Waals surface area contributed by atoms with Crippen LogP contribution in [0.4, 0.5) is 4.39 Å². The van der Waals surface area contributed by atoms with Crippen LogP contribution < -0.4 is 15.4 Å². The van der Waals surface area contributed by atoms with Crippen molar-refractivity contribution in [2.75, 3.05) is 7.11 Å². The maximum absolute atomic E-state index is 14.0. The highest BCUT2D eigenvalue weighted by Crippen LogP contribution is 2.41. The molecular weight excluding hydrogens is 379 g/mol. The molecule has 0 aromatic heterocycles. The number of carbonyl (C=O) groups excluding carboxylic acids is 1. The zero-order valence-corrected chi connectivity index (χ0v) is 16.9. The quantitative estimate of drug-likeness (QED) is 0.585. The topological polar surface area (TPSA) is 50.4 Å². The van der Waals surface area contributed by atoms with Gasteiger partial charge in [-0.1, -0.05) is 42.5 Å². The molecule has 0 aliphatic heterocycles. The van der Waals surface area contributed by atoms with Gasteiger partial charge < -0.3 is 15.4 Å². The van der Waals surface area contributed by atoms with Gasteiger partial charge in [-0.25, -0.2) is 4.39 Å². The number of hydrogen-bond donors (Lipinski definition) is 2. The van der Waals surface area contributed by atoms with Gasteiger partial charge >= 0.3 is 0 Å². The molecule has 0 bridgehead atoms. The molecule has 0 spiro atoms. The number of hydrogen-bond acceptors (Lipinski definition) is 3. The molecule has 1 aliphatic rings. The molecule has 1 amide bonds. The average Bonchev–Trinajstić information content (AvgIpc) is 3.57. The summed E-state index contributed by atoms with van der Waals surface area (Å²) in [6.45, 7) is 0.973. The van der Waals surface area contributed by atoms with Crippen LogP contribution in [0.3, 0.4) is 0 Å². The smallest absolute Gasteiger partial charge is 0.251 e. The Morgan fingerprint density at radius 2 is 1.80 bits per heavy atom. The van der Waals surface area contributed by atoms with Crippen molar-refractivity contribution in [1.29, 1.82) is 0 Å². The number of halogens is 1. The lowest BCUT2D eigenvalue weighted by Crippen LogP contribution is -2.22. The maximum Gasteiger partial charge on any atom is 0.251 e. The summed E-state index contributed by atoms with van der Waals surface area (Å²) in [6.07, 6.45) is 1.01. The van der Waals surface area contributed by atoms with Crippen LogP contribution in [0.25, 0.3) is 0 Å². The summed E-state index contributed by atoms with van der Waals surface area (Å²) < 4.78 is 19.1. The van der Waals surface area contributed by atoms with Gasteiger partial charge in [-0.15, -0.1) is 0 Å². The van der Waals surface area contributed by atoms with E-state index in [1.807, 2.05) is 54.6 Å². The highest BCUT2D eigenvalue weighted by molar-refractivity contribution is 5.94. The summed E-state index contributed by atoms with van der Waals surface area (Å²) in [5, 5.41) is 6.36. The molecule has 3 aromatic rings. The average molecular weight is 404 g/mol. The SMILES string of the molecule is COc1ccc(F)c(CN[C@@H]2C[C@H]2c2ccc(C(=O)NCc3ccccc3)cc2)c1. The van der Waals surface area contributed by atoms with Crippen LogP contribution in [0.15, 0.2) is 72.8 Å². The van der Waals surface area contributed by atoms with Crippen LogP contribution >= 0.6 is 0 Å². The van der Waals surface area contributed by atoms with E-state index in [2.05, 4.69) is 10.6 Å². The lowest BCUT2D eigenvalue weighted by molar-refractivity contribution is 0.0951. The van der Waals surface area contributed by atoms with Gasteiger partial charge in [0.15, 0.2) is 0 Å². The molecule has 30 heavy (non-hydrogen) atoms. The lowest BCUT2D eigenvalue weighted by atomic mass is 10.1. The predicted molar refractivity (Wildman–Crippen MR) is 115 cm³/mol. The van der Waals surface area contributed by atoms with Gasteiger partial charge in [0.2, 0.25) is 0 Å². The second-order valence-electron chi connectivity index (χ2n) is 7.58. The minimum absolute atomic E-state index is 0.0793. The second kappa shape index (κ2) is 9.09. The van der Waals surface area contributed by atoms with Crippen molar-refractivity contribution in [3.8, 4) is 5.75 Å². The summed E-state index contributed by atoms with van der Waals surface area (Å²) >= 11 is 0. The van der Waals surface area contributed by atoms with Crippen molar-refractivity contribution in [2.45, 2.75) is 31.5 Å². The van der Waals surface area contributed by atoms with Crippen LogP contribution in [0.1, 0.15) is 39.4 Å². The molecule has 5 heteroatoms. The van der Waals surface area contributed by atoms with Gasteiger partial charge in [0.25, 0.3) is 5.91 Å². The molecule has 0 radical (unpaired) electrons. The molecule has 1 aliphatic carbocycles. The molecule has 1 saturated carbocycles. The van der Waals surface area contributed by atoms with Gasteiger partial charge in [-0.3, -0.25) is 4.79 Å². The first-order chi connectivity index (χ1) is 14.6. The molecule has 154 valence electrons. The second-order valence-corrected chi connectivity index (χ2v) is 7.58. The molecular formula is C25H25FN2O2. The van der Waals surface area contributed by atoms with Crippen LogP contribution in [0.5, 0.6) is 5.75 Å². The summed E-state index contributed by atoms with van der Waals surface area (Å²) in [4.78, 5) is 12.4. The van der Waals surface area contributed by atoms with Crippen molar-refractivity contribution < 1.29 is 13.9 Å². The highest BCUT2D eigenvalue weighted by atomic mass is 19.1. The Morgan fingerprint density at radius 1 is 1.03 bits per heavy atom. The molecule has 4 rings (SSSR count). The Balaban J connectivity index is 1.28. The van der Waals surface area contributed by atoms with E-state index in [4.69, 9.17) is 4.74 Å². The molecule has 0 saturated heterocycles. The zero-order valence-electron chi connectivity index (χ0n) is 16.9. The molecule has 1 fully saturated rings. The minimum atomic E-state index is -0.230. The Kier molecular flexibility index (Phi) is 6.10. The van der Waals surface area contributed by atoms with E-state index in [1.54, 1.807) is 19.2 Å². The van der Waals surface area contributed by atoms with Crippen LogP contribution in [-0.4, -0.2) is 19.1 Å². The van der Waals surface area contributed by atoms with E-state index in [-0.39, 0.29) is 11.7 Å². The van der Waals surface area contributed by atoms with Gasteiger partial charge in [0.05, 0.1) is 7.11 Å². The predicted octanol–water partition coefficient (Wildman–Crippen LogP) is 4.41. The van der Waals surface area contributed by atoms with Crippen LogP contribution in [0, 0.1) is 5.82 Å². The first-order valence-electron chi connectivity index (χ1n) is 10.1. The highest BCUT2D eigenvalue weighted by Gasteiger charge is 2.37. The minimum Gasteiger partial charge on any atom is -0.497 e. The third-order valence-corrected chi connectivity index (χ3v) is 5.49.